The molecule has 0 amide bonds. The van der Waals surface area contributed by atoms with Gasteiger partial charge in [-0.3, -0.25) is 4.90 Å². The largest absolute Gasteiger partial charge is 0.316 e. The van der Waals surface area contributed by atoms with Crippen molar-refractivity contribution in [2.75, 3.05) is 26.2 Å². The topological polar surface area (TPSA) is 39.1 Å². The molecule has 3 rings (SSSR count). The predicted octanol–water partition coefficient (Wildman–Crippen LogP) is 2.52. The summed E-state index contributed by atoms with van der Waals surface area (Å²) >= 11 is 0. The van der Waals surface area contributed by atoms with E-state index in [1.165, 1.54) is 57.4 Å². The minimum atomic E-state index is 0.517. The number of nitrogens with zero attached hydrogens (tertiary/aromatic N) is 2. The van der Waals surface area contributed by atoms with E-state index in [-0.39, 0.29) is 0 Å². The lowest BCUT2D eigenvalue weighted by atomic mass is 9.74. The summed E-state index contributed by atoms with van der Waals surface area (Å²) in [4.78, 5) is 2.60. The van der Waals surface area contributed by atoms with E-state index in [0.717, 1.165) is 12.1 Å². The van der Waals surface area contributed by atoms with Gasteiger partial charge in [0.2, 0.25) is 0 Å². The Morgan fingerprint density at radius 2 is 2.00 bits per heavy atom. The van der Waals surface area contributed by atoms with Crippen LogP contribution in [0.25, 0.3) is 0 Å². The number of benzene rings is 1. The molecule has 2 heterocycles. The smallest absolute Gasteiger partial charge is 0.0991 e. The lowest BCUT2D eigenvalue weighted by molar-refractivity contribution is 0.0601. The molecule has 20 heavy (non-hydrogen) atoms. The van der Waals surface area contributed by atoms with Crippen molar-refractivity contribution < 1.29 is 0 Å². The third kappa shape index (κ3) is 3.03. The highest BCUT2D eigenvalue weighted by Crippen LogP contribution is 2.36. The van der Waals surface area contributed by atoms with Gasteiger partial charge in [-0.1, -0.05) is 12.1 Å². The Morgan fingerprint density at radius 1 is 1.20 bits per heavy atom. The highest BCUT2D eigenvalue weighted by Gasteiger charge is 2.36. The average molecular weight is 269 g/mol. The van der Waals surface area contributed by atoms with Crippen molar-refractivity contribution in [2.24, 2.45) is 5.41 Å². The van der Waals surface area contributed by atoms with Crippen LogP contribution < -0.4 is 5.32 Å². The average Bonchev–Trinajstić information content (AvgIpc) is 2.49. The van der Waals surface area contributed by atoms with Gasteiger partial charge in [0.1, 0.15) is 0 Å². The predicted molar refractivity (Wildman–Crippen MR) is 80.2 cm³/mol. The molecule has 1 aromatic rings. The zero-order chi connectivity index (χ0) is 13.8. The van der Waals surface area contributed by atoms with E-state index in [1.54, 1.807) is 0 Å². The Kier molecular flexibility index (Phi) is 4.05. The van der Waals surface area contributed by atoms with Gasteiger partial charge >= 0.3 is 0 Å². The van der Waals surface area contributed by atoms with Gasteiger partial charge in [0.25, 0.3) is 0 Å². The fraction of sp³-hybridized carbons (Fsp3) is 0.588. The fourth-order valence-electron chi connectivity index (χ4n) is 3.77. The van der Waals surface area contributed by atoms with Crippen LogP contribution in [0.15, 0.2) is 24.3 Å². The van der Waals surface area contributed by atoms with Crippen LogP contribution in [0.2, 0.25) is 0 Å². The monoisotopic (exact) mass is 269 g/mol. The Balaban J connectivity index is 1.63. The van der Waals surface area contributed by atoms with E-state index in [9.17, 15) is 0 Å². The first-order chi connectivity index (χ1) is 9.80. The second-order valence-corrected chi connectivity index (χ2v) is 6.40. The van der Waals surface area contributed by atoms with E-state index in [2.05, 4.69) is 28.4 Å². The molecule has 2 saturated heterocycles. The van der Waals surface area contributed by atoms with Crippen molar-refractivity contribution in [2.45, 2.75) is 32.2 Å². The number of piperidine rings is 2. The summed E-state index contributed by atoms with van der Waals surface area (Å²) in [6.45, 7) is 5.84. The Labute approximate surface area is 121 Å². The number of nitrogens with one attached hydrogen (secondary N) is 1. The van der Waals surface area contributed by atoms with Crippen LogP contribution in [0.3, 0.4) is 0 Å². The molecule has 1 N–H and O–H groups in total. The molecule has 1 aromatic carbocycles. The van der Waals surface area contributed by atoms with E-state index >= 15 is 0 Å². The highest BCUT2D eigenvalue weighted by molar-refractivity contribution is 5.31. The molecule has 3 heteroatoms. The fourth-order valence-corrected chi connectivity index (χ4v) is 3.77. The van der Waals surface area contributed by atoms with Gasteiger partial charge in [-0.15, -0.1) is 0 Å². The molecule has 0 bridgehead atoms. The van der Waals surface area contributed by atoms with Crippen LogP contribution in [0.1, 0.15) is 36.8 Å². The van der Waals surface area contributed by atoms with E-state index in [1.807, 2.05) is 12.1 Å². The van der Waals surface area contributed by atoms with Crippen LogP contribution in [0, 0.1) is 16.7 Å². The maximum atomic E-state index is 8.85. The Hall–Kier alpha value is -1.37. The van der Waals surface area contributed by atoms with Crippen molar-refractivity contribution in [1.82, 2.24) is 10.2 Å². The van der Waals surface area contributed by atoms with Gasteiger partial charge in [0, 0.05) is 19.6 Å². The molecular formula is C17H23N3. The van der Waals surface area contributed by atoms with Gasteiger partial charge in [0.05, 0.1) is 11.6 Å². The van der Waals surface area contributed by atoms with Gasteiger partial charge in [-0.05, 0) is 61.9 Å². The third-order valence-corrected chi connectivity index (χ3v) is 4.79. The maximum absolute atomic E-state index is 8.85. The molecular weight excluding hydrogens is 246 g/mol. The number of hydrogen-bond donors (Lipinski definition) is 1. The Bertz CT molecular complexity index is 474. The molecule has 1 unspecified atom stereocenters. The lowest BCUT2D eigenvalue weighted by Crippen LogP contribution is -2.50. The minimum absolute atomic E-state index is 0.517. The van der Waals surface area contributed by atoms with Crippen LogP contribution in [0.5, 0.6) is 0 Å². The first-order valence-corrected chi connectivity index (χ1v) is 7.72. The lowest BCUT2D eigenvalue weighted by Gasteiger charge is -2.45. The van der Waals surface area contributed by atoms with Gasteiger partial charge < -0.3 is 5.32 Å². The number of nitriles is 1. The zero-order valence-electron chi connectivity index (χ0n) is 12.1. The maximum Gasteiger partial charge on any atom is 0.0991 e. The number of rotatable bonds is 2. The first kappa shape index (κ1) is 13.6. The second kappa shape index (κ2) is 5.95. The van der Waals surface area contributed by atoms with Crippen molar-refractivity contribution in [1.29, 1.82) is 5.26 Å². The molecule has 2 aliphatic rings. The van der Waals surface area contributed by atoms with Crippen molar-refractivity contribution >= 4 is 0 Å². The molecule has 3 nitrogen and oxygen atoms in total. The van der Waals surface area contributed by atoms with Gasteiger partial charge in [0.15, 0.2) is 0 Å². The summed E-state index contributed by atoms with van der Waals surface area (Å²) in [5, 5.41) is 12.4. The molecule has 0 radical (unpaired) electrons. The number of hydrogen-bond acceptors (Lipinski definition) is 3. The molecule has 106 valence electrons. The molecule has 0 aliphatic carbocycles. The molecule has 1 atom stereocenters. The summed E-state index contributed by atoms with van der Waals surface area (Å²) < 4.78 is 0. The summed E-state index contributed by atoms with van der Waals surface area (Å²) in [6.07, 6.45) is 5.40. The molecule has 2 aliphatic heterocycles. The summed E-state index contributed by atoms with van der Waals surface area (Å²) in [5.74, 6) is 0. The Morgan fingerprint density at radius 3 is 2.70 bits per heavy atom. The first-order valence-electron chi connectivity index (χ1n) is 7.72. The zero-order valence-corrected chi connectivity index (χ0v) is 12.1. The van der Waals surface area contributed by atoms with Crippen molar-refractivity contribution in [3.05, 3.63) is 35.4 Å². The summed E-state index contributed by atoms with van der Waals surface area (Å²) in [7, 11) is 0. The van der Waals surface area contributed by atoms with E-state index < -0.39 is 0 Å². The van der Waals surface area contributed by atoms with E-state index in [4.69, 9.17) is 5.26 Å². The van der Waals surface area contributed by atoms with Crippen LogP contribution in [0.4, 0.5) is 0 Å². The molecule has 2 fully saturated rings. The third-order valence-electron chi connectivity index (χ3n) is 4.79. The normalized spacial score (nSPS) is 27.4. The van der Waals surface area contributed by atoms with Crippen LogP contribution in [-0.4, -0.2) is 31.1 Å². The molecule has 0 saturated carbocycles. The van der Waals surface area contributed by atoms with Crippen molar-refractivity contribution in [3.8, 4) is 6.07 Å². The van der Waals surface area contributed by atoms with Gasteiger partial charge in [-0.25, -0.2) is 0 Å². The van der Waals surface area contributed by atoms with E-state index in [0.29, 0.717) is 5.41 Å². The minimum Gasteiger partial charge on any atom is -0.316 e. The van der Waals surface area contributed by atoms with Crippen LogP contribution in [-0.2, 0) is 6.54 Å². The van der Waals surface area contributed by atoms with Crippen molar-refractivity contribution in [3.63, 3.8) is 0 Å². The van der Waals surface area contributed by atoms with Crippen LogP contribution >= 0.6 is 0 Å². The quantitative estimate of drug-likeness (QED) is 0.896. The number of likely N-dealkylation sites (tertiary alicyclic amines) is 1. The molecule has 0 aromatic heterocycles. The van der Waals surface area contributed by atoms with Gasteiger partial charge in [-0.2, -0.15) is 5.26 Å². The standard InChI is InChI=1S/C17H23N3/c18-11-15-3-5-16(6-4-15)12-20-10-2-8-17(14-20)7-1-9-19-13-17/h3-6,19H,1-2,7-10,12-14H2. The summed E-state index contributed by atoms with van der Waals surface area (Å²) in [6, 6.07) is 10.2. The second-order valence-electron chi connectivity index (χ2n) is 6.40. The summed E-state index contributed by atoms with van der Waals surface area (Å²) in [5.41, 5.74) is 2.59. The SMILES string of the molecule is N#Cc1ccc(CN2CCCC3(CCCNC3)C2)cc1. The highest BCUT2D eigenvalue weighted by atomic mass is 15.1. The molecule has 1 spiro atoms.